The number of anilines is 1. The fourth-order valence-electron chi connectivity index (χ4n) is 2.03. The molecular weight excluding hydrogens is 343 g/mol. The first-order valence-corrected chi connectivity index (χ1v) is 8.23. The summed E-state index contributed by atoms with van der Waals surface area (Å²) in [6.45, 7) is -0.404. The highest BCUT2D eigenvalue weighted by Crippen LogP contribution is 2.24. The van der Waals surface area contributed by atoms with Crippen LogP contribution in [0.25, 0.3) is 11.3 Å². The number of hydrogen-bond donors (Lipinski definition) is 1. The number of thiazole rings is 1. The zero-order valence-electron chi connectivity index (χ0n) is 12.9. The van der Waals surface area contributed by atoms with Gasteiger partial charge in [0.15, 0.2) is 11.7 Å². The van der Waals surface area contributed by atoms with Gasteiger partial charge in [-0.2, -0.15) is 0 Å². The molecule has 7 heteroatoms. The summed E-state index contributed by atoms with van der Waals surface area (Å²) in [5.74, 6) is -1.38. The molecule has 0 aliphatic heterocycles. The van der Waals surface area contributed by atoms with E-state index in [-0.39, 0.29) is 5.82 Å². The topological polar surface area (TPSA) is 68.3 Å². The maximum atomic E-state index is 12.9. The first-order valence-electron chi connectivity index (χ1n) is 7.35. The van der Waals surface area contributed by atoms with E-state index in [1.165, 1.54) is 23.5 Å². The predicted octanol–water partition coefficient (Wildman–Crippen LogP) is 3.74. The highest BCUT2D eigenvalue weighted by atomic mass is 32.1. The van der Waals surface area contributed by atoms with E-state index >= 15 is 0 Å². The summed E-state index contributed by atoms with van der Waals surface area (Å²) in [6.07, 6.45) is 0. The van der Waals surface area contributed by atoms with Crippen LogP contribution < -0.4 is 5.32 Å². The highest BCUT2D eigenvalue weighted by molar-refractivity contribution is 7.14. The molecule has 0 saturated carbocycles. The number of carbonyl (C=O) groups is 2. The lowest BCUT2D eigenvalue weighted by molar-refractivity contribution is -0.119. The molecule has 1 aromatic heterocycles. The van der Waals surface area contributed by atoms with Crippen molar-refractivity contribution in [3.8, 4) is 11.3 Å². The lowest BCUT2D eigenvalue weighted by Crippen LogP contribution is -2.20. The summed E-state index contributed by atoms with van der Waals surface area (Å²) < 4.78 is 17.9. The largest absolute Gasteiger partial charge is 0.452 e. The zero-order valence-corrected chi connectivity index (χ0v) is 13.8. The number of aromatic nitrogens is 1. The van der Waals surface area contributed by atoms with Crippen LogP contribution >= 0.6 is 11.3 Å². The number of amides is 1. The maximum absolute atomic E-state index is 12.9. The van der Waals surface area contributed by atoms with E-state index in [0.717, 1.165) is 5.56 Å². The number of nitrogens with zero attached hydrogens (tertiary/aromatic N) is 1. The first-order chi connectivity index (χ1) is 12.1. The lowest BCUT2D eigenvalue weighted by Gasteiger charge is -2.04. The van der Waals surface area contributed by atoms with Crippen molar-refractivity contribution in [2.24, 2.45) is 0 Å². The van der Waals surface area contributed by atoms with Gasteiger partial charge >= 0.3 is 5.97 Å². The van der Waals surface area contributed by atoms with Gasteiger partial charge in [-0.05, 0) is 36.4 Å². The van der Waals surface area contributed by atoms with Gasteiger partial charge in [-0.15, -0.1) is 11.3 Å². The van der Waals surface area contributed by atoms with Gasteiger partial charge in [0, 0.05) is 10.9 Å². The molecule has 0 unspecified atom stereocenters. The summed E-state index contributed by atoms with van der Waals surface area (Å²) in [7, 11) is 0. The Morgan fingerprint density at radius 1 is 1.08 bits per heavy atom. The van der Waals surface area contributed by atoms with Crippen molar-refractivity contribution in [1.29, 1.82) is 0 Å². The minimum absolute atomic E-state index is 0.326. The van der Waals surface area contributed by atoms with Crippen molar-refractivity contribution in [3.63, 3.8) is 0 Å². The molecule has 0 radical (unpaired) electrons. The van der Waals surface area contributed by atoms with Crippen LogP contribution in [0.1, 0.15) is 10.4 Å². The van der Waals surface area contributed by atoms with Crippen LogP contribution in [-0.4, -0.2) is 23.5 Å². The maximum Gasteiger partial charge on any atom is 0.338 e. The summed E-state index contributed by atoms with van der Waals surface area (Å²) in [6, 6.07) is 14.3. The molecule has 126 valence electrons. The normalized spacial score (nSPS) is 10.3. The van der Waals surface area contributed by atoms with Crippen LogP contribution in [0, 0.1) is 5.82 Å². The van der Waals surface area contributed by atoms with Crippen molar-refractivity contribution in [2.45, 2.75) is 0 Å². The Labute approximate surface area is 147 Å². The second kappa shape index (κ2) is 7.67. The van der Waals surface area contributed by atoms with Crippen LogP contribution in [0.15, 0.2) is 60.0 Å². The molecule has 0 aliphatic carbocycles. The monoisotopic (exact) mass is 356 g/mol. The molecule has 0 spiro atoms. The molecule has 25 heavy (non-hydrogen) atoms. The number of halogens is 1. The van der Waals surface area contributed by atoms with Crippen molar-refractivity contribution in [2.75, 3.05) is 11.9 Å². The van der Waals surface area contributed by atoms with E-state index in [9.17, 15) is 14.0 Å². The highest BCUT2D eigenvalue weighted by Gasteiger charge is 2.12. The fourth-order valence-corrected chi connectivity index (χ4v) is 2.76. The summed E-state index contributed by atoms with van der Waals surface area (Å²) >= 11 is 1.23. The minimum Gasteiger partial charge on any atom is -0.452 e. The molecule has 3 rings (SSSR count). The molecule has 1 heterocycles. The molecule has 0 bridgehead atoms. The van der Waals surface area contributed by atoms with Gasteiger partial charge in [-0.1, -0.05) is 18.2 Å². The van der Waals surface area contributed by atoms with Gasteiger partial charge in [-0.3, -0.25) is 10.1 Å². The van der Waals surface area contributed by atoms with Gasteiger partial charge in [0.05, 0.1) is 11.3 Å². The number of carbonyl (C=O) groups excluding carboxylic acids is 2. The van der Waals surface area contributed by atoms with Gasteiger partial charge in [0.1, 0.15) is 5.82 Å². The van der Waals surface area contributed by atoms with E-state index in [1.54, 1.807) is 47.8 Å². The van der Waals surface area contributed by atoms with E-state index in [1.807, 2.05) is 0 Å². The van der Waals surface area contributed by atoms with Crippen molar-refractivity contribution < 1.29 is 18.7 Å². The van der Waals surface area contributed by atoms with Crippen molar-refractivity contribution in [3.05, 3.63) is 71.4 Å². The molecule has 5 nitrogen and oxygen atoms in total. The minimum atomic E-state index is -0.568. The van der Waals surface area contributed by atoms with Crippen LogP contribution in [0.2, 0.25) is 0 Å². The molecule has 2 aromatic carbocycles. The molecule has 0 atom stereocenters. The Morgan fingerprint density at radius 3 is 2.52 bits per heavy atom. The Bertz CT molecular complexity index is 879. The number of rotatable bonds is 5. The average Bonchev–Trinajstić information content (AvgIpc) is 3.09. The van der Waals surface area contributed by atoms with E-state index in [0.29, 0.717) is 16.4 Å². The third-order valence-electron chi connectivity index (χ3n) is 3.23. The predicted molar refractivity (Wildman–Crippen MR) is 92.9 cm³/mol. The zero-order chi connectivity index (χ0) is 17.6. The summed E-state index contributed by atoms with van der Waals surface area (Å²) in [5, 5.41) is 4.69. The Hall–Kier alpha value is -3.06. The van der Waals surface area contributed by atoms with Gasteiger partial charge < -0.3 is 4.74 Å². The molecule has 0 saturated heterocycles. The van der Waals surface area contributed by atoms with Crippen molar-refractivity contribution in [1.82, 2.24) is 4.98 Å². The Balaban J connectivity index is 1.55. The molecule has 0 aliphatic rings. The number of ether oxygens (including phenoxy) is 1. The van der Waals surface area contributed by atoms with Gasteiger partial charge in [0.2, 0.25) is 0 Å². The van der Waals surface area contributed by atoms with Crippen LogP contribution in [-0.2, 0) is 9.53 Å². The first kappa shape index (κ1) is 16.8. The summed E-state index contributed by atoms with van der Waals surface area (Å²) in [5.41, 5.74) is 1.75. The Morgan fingerprint density at radius 2 is 1.80 bits per heavy atom. The number of hydrogen-bond acceptors (Lipinski definition) is 5. The molecule has 3 aromatic rings. The SMILES string of the molecule is O=C(COC(=O)c1ccccc1)Nc1nc(-c2ccc(F)cc2)cs1. The van der Waals surface area contributed by atoms with Crippen LogP contribution in [0.5, 0.6) is 0 Å². The Kier molecular flexibility index (Phi) is 5.15. The summed E-state index contributed by atoms with van der Waals surface area (Å²) in [4.78, 5) is 27.9. The lowest BCUT2D eigenvalue weighted by atomic mass is 10.2. The second-order valence-electron chi connectivity index (χ2n) is 5.04. The van der Waals surface area contributed by atoms with Crippen molar-refractivity contribution >= 4 is 28.3 Å². The number of esters is 1. The molecular formula is C18H13FN2O3S. The van der Waals surface area contributed by atoms with E-state index in [2.05, 4.69) is 10.3 Å². The second-order valence-corrected chi connectivity index (χ2v) is 5.89. The van der Waals surface area contributed by atoms with E-state index in [4.69, 9.17) is 4.74 Å². The standard InChI is InChI=1S/C18H13FN2O3S/c19-14-8-6-12(7-9-14)15-11-25-18(20-15)21-16(22)10-24-17(23)13-4-2-1-3-5-13/h1-9,11H,10H2,(H,20,21,22). The number of nitrogens with one attached hydrogen (secondary N) is 1. The van der Waals surface area contributed by atoms with E-state index < -0.39 is 18.5 Å². The average molecular weight is 356 g/mol. The third kappa shape index (κ3) is 4.48. The van der Waals surface area contributed by atoms with Crippen LogP contribution in [0.3, 0.4) is 0 Å². The fraction of sp³-hybridized carbons (Fsp3) is 0.0556. The third-order valence-corrected chi connectivity index (χ3v) is 3.99. The smallest absolute Gasteiger partial charge is 0.338 e. The quantitative estimate of drug-likeness (QED) is 0.707. The van der Waals surface area contributed by atoms with Crippen LogP contribution in [0.4, 0.5) is 9.52 Å². The molecule has 0 fully saturated rings. The van der Waals surface area contributed by atoms with Gasteiger partial charge in [0.25, 0.3) is 5.91 Å². The van der Waals surface area contributed by atoms with Gasteiger partial charge in [-0.25, -0.2) is 14.2 Å². The molecule has 1 amide bonds. The number of benzene rings is 2. The molecule has 1 N–H and O–H groups in total.